The van der Waals surface area contributed by atoms with E-state index in [0.717, 1.165) is 19.4 Å². The van der Waals surface area contributed by atoms with Crippen molar-refractivity contribution in [1.29, 1.82) is 0 Å². The first-order valence-electron chi connectivity index (χ1n) is 8.52. The lowest BCUT2D eigenvalue weighted by Crippen LogP contribution is -2.43. The van der Waals surface area contributed by atoms with Crippen molar-refractivity contribution in [3.8, 4) is 0 Å². The van der Waals surface area contributed by atoms with E-state index < -0.39 is 16.7 Å². The molecule has 8 heteroatoms. The van der Waals surface area contributed by atoms with Gasteiger partial charge in [0.05, 0.1) is 12.7 Å². The largest absolute Gasteiger partial charge is 0.463 e. The van der Waals surface area contributed by atoms with Crippen molar-refractivity contribution in [2.24, 2.45) is 5.92 Å². The number of hydrogen-bond acceptors (Lipinski definition) is 6. The fourth-order valence-corrected chi connectivity index (χ4v) is 2.60. The first kappa shape index (κ1) is 23.9. The molecule has 2 atom stereocenters. The van der Waals surface area contributed by atoms with E-state index in [1.54, 1.807) is 4.90 Å². The molecular formula is C17H33NO6S. The Balaban J connectivity index is 0.000000697. The summed E-state index contributed by atoms with van der Waals surface area (Å²) in [6.07, 6.45) is 3.19. The van der Waals surface area contributed by atoms with Crippen molar-refractivity contribution in [3.05, 3.63) is 0 Å². The van der Waals surface area contributed by atoms with Gasteiger partial charge < -0.3 is 14.4 Å². The lowest BCUT2D eigenvalue weighted by Gasteiger charge is -2.33. The zero-order chi connectivity index (χ0) is 19.6. The molecule has 1 fully saturated rings. The predicted octanol–water partition coefficient (Wildman–Crippen LogP) is 2.90. The van der Waals surface area contributed by atoms with Gasteiger partial charge in [0.1, 0.15) is 5.60 Å². The molecule has 0 aliphatic carbocycles. The Labute approximate surface area is 154 Å². The first-order chi connectivity index (χ1) is 11.4. The molecule has 0 saturated carbocycles. The summed E-state index contributed by atoms with van der Waals surface area (Å²) in [5.74, 6) is 0.0326. The van der Waals surface area contributed by atoms with Crippen LogP contribution in [0, 0.1) is 5.92 Å². The molecule has 1 heterocycles. The fraction of sp³-hybridized carbons (Fsp3) is 0.882. The molecule has 1 aliphatic heterocycles. The summed E-state index contributed by atoms with van der Waals surface area (Å²) in [5.41, 5.74) is -0.467. The van der Waals surface area contributed by atoms with E-state index in [2.05, 4.69) is 4.74 Å². The van der Waals surface area contributed by atoms with Gasteiger partial charge in [-0.2, -0.15) is 0 Å². The van der Waals surface area contributed by atoms with Crippen LogP contribution in [0.1, 0.15) is 54.4 Å². The minimum Gasteiger partial charge on any atom is -0.463 e. The lowest BCUT2D eigenvalue weighted by atomic mass is 9.99. The summed E-state index contributed by atoms with van der Waals surface area (Å²) in [5, 5.41) is 0. The van der Waals surface area contributed by atoms with Gasteiger partial charge in [-0.25, -0.2) is 9.00 Å². The molecule has 1 amide bonds. The molecule has 7 nitrogen and oxygen atoms in total. The van der Waals surface area contributed by atoms with Gasteiger partial charge in [0.2, 0.25) is 0 Å². The third-order valence-electron chi connectivity index (χ3n) is 3.04. The van der Waals surface area contributed by atoms with E-state index >= 15 is 0 Å². The maximum absolute atomic E-state index is 11.9. The minimum absolute atomic E-state index is 0.0255. The number of rotatable bonds is 4. The van der Waals surface area contributed by atoms with Crippen LogP contribution in [0.25, 0.3) is 0 Å². The highest BCUT2D eigenvalue weighted by Crippen LogP contribution is 2.19. The second kappa shape index (κ2) is 11.5. The summed E-state index contributed by atoms with van der Waals surface area (Å²) < 4.78 is 25.9. The molecule has 2 unspecified atom stereocenters. The van der Waals surface area contributed by atoms with Crippen molar-refractivity contribution in [3.63, 3.8) is 0 Å². The van der Waals surface area contributed by atoms with Crippen LogP contribution in [0.5, 0.6) is 0 Å². The molecule has 1 saturated heterocycles. The van der Waals surface area contributed by atoms with E-state index in [1.165, 1.54) is 13.2 Å². The van der Waals surface area contributed by atoms with E-state index in [1.807, 2.05) is 34.6 Å². The van der Waals surface area contributed by atoms with Crippen LogP contribution in [0.3, 0.4) is 0 Å². The molecule has 1 aliphatic rings. The average molecular weight is 380 g/mol. The first-order valence-corrected chi connectivity index (χ1v) is 10.0. The fourth-order valence-electron chi connectivity index (χ4n) is 2.22. The summed E-state index contributed by atoms with van der Waals surface area (Å²) in [4.78, 5) is 23.6. The Morgan fingerprint density at radius 3 is 2.28 bits per heavy atom. The van der Waals surface area contributed by atoms with Gasteiger partial charge in [-0.15, -0.1) is 0 Å². The number of amides is 1. The van der Waals surface area contributed by atoms with Gasteiger partial charge in [-0.05, 0) is 47.5 Å². The molecule has 0 N–H and O–H groups in total. The Morgan fingerprint density at radius 1 is 1.28 bits per heavy atom. The molecule has 0 radical (unpaired) electrons. The maximum Gasteiger partial charge on any atom is 0.410 e. The number of hydrogen-bond donors (Lipinski definition) is 0. The molecule has 25 heavy (non-hydrogen) atoms. The number of carbonyl (C=O) groups is 2. The highest BCUT2D eigenvalue weighted by Gasteiger charge is 2.27. The predicted molar refractivity (Wildman–Crippen MR) is 97.5 cm³/mol. The zero-order valence-corrected chi connectivity index (χ0v) is 17.3. The quantitative estimate of drug-likeness (QED) is 0.699. The highest BCUT2D eigenvalue weighted by molar-refractivity contribution is 7.79. The molecule has 0 aromatic heterocycles. The number of likely N-dealkylation sites (tertiary alicyclic amines) is 1. The molecule has 148 valence electrons. The standard InChI is InChI=1S/C12H23NO4S.C5H10O2/c1-12(2,3)17-11(14)13-7-5-6-10(8-13)9-16-18(4)15;1-4(2)7-5(3)6/h10H,5-9H2,1-4H3;4H,1-3H3. The van der Waals surface area contributed by atoms with Crippen molar-refractivity contribution >= 4 is 23.1 Å². The van der Waals surface area contributed by atoms with Crippen LogP contribution in [-0.2, 0) is 29.5 Å². The minimum atomic E-state index is -1.24. The third kappa shape index (κ3) is 13.8. The summed E-state index contributed by atoms with van der Waals surface area (Å²) >= 11 is -1.24. The van der Waals surface area contributed by atoms with E-state index in [9.17, 15) is 13.8 Å². The molecule has 0 bridgehead atoms. The summed E-state index contributed by atoms with van der Waals surface area (Å²) in [6.45, 7) is 12.4. The molecule has 0 aromatic rings. The summed E-state index contributed by atoms with van der Waals surface area (Å²) in [7, 11) is 0. The Morgan fingerprint density at radius 2 is 1.88 bits per heavy atom. The van der Waals surface area contributed by atoms with E-state index in [4.69, 9.17) is 8.92 Å². The van der Waals surface area contributed by atoms with E-state index in [-0.39, 0.29) is 24.1 Å². The van der Waals surface area contributed by atoms with Crippen LogP contribution in [0.15, 0.2) is 0 Å². The van der Waals surface area contributed by atoms with Gasteiger partial charge in [-0.1, -0.05) is 0 Å². The number of nitrogens with zero attached hydrogens (tertiary/aromatic N) is 1. The second-order valence-corrected chi connectivity index (χ2v) is 8.32. The van der Waals surface area contributed by atoms with Crippen molar-refractivity contribution < 1.29 is 27.5 Å². The van der Waals surface area contributed by atoms with Gasteiger partial charge >= 0.3 is 12.1 Å². The molecular weight excluding hydrogens is 346 g/mol. The molecule has 1 rings (SSSR count). The van der Waals surface area contributed by atoms with Crippen LogP contribution < -0.4 is 0 Å². The van der Waals surface area contributed by atoms with Gasteiger partial charge in [0.15, 0.2) is 11.1 Å². The third-order valence-corrected chi connectivity index (χ3v) is 3.51. The molecule has 0 aromatic carbocycles. The number of piperidine rings is 1. The van der Waals surface area contributed by atoms with E-state index in [0.29, 0.717) is 13.2 Å². The van der Waals surface area contributed by atoms with Crippen molar-refractivity contribution in [1.82, 2.24) is 4.90 Å². The number of carbonyl (C=O) groups excluding carboxylic acids is 2. The number of esters is 1. The topological polar surface area (TPSA) is 82.1 Å². The van der Waals surface area contributed by atoms with Crippen molar-refractivity contribution in [2.45, 2.75) is 66.1 Å². The average Bonchev–Trinajstić information content (AvgIpc) is 2.43. The van der Waals surface area contributed by atoms with Crippen LogP contribution in [0.2, 0.25) is 0 Å². The Bertz CT molecular complexity index is 447. The van der Waals surface area contributed by atoms with Crippen LogP contribution in [-0.4, -0.2) is 58.8 Å². The smallest absolute Gasteiger partial charge is 0.410 e. The highest BCUT2D eigenvalue weighted by atomic mass is 32.2. The van der Waals surface area contributed by atoms with Crippen LogP contribution in [0.4, 0.5) is 4.79 Å². The second-order valence-electron chi connectivity index (χ2n) is 7.28. The number of ether oxygens (including phenoxy) is 2. The van der Waals surface area contributed by atoms with Gasteiger partial charge in [0, 0.05) is 32.2 Å². The normalized spacial score (nSPS) is 18.9. The zero-order valence-electron chi connectivity index (χ0n) is 16.5. The summed E-state index contributed by atoms with van der Waals surface area (Å²) in [6, 6.07) is 0. The maximum atomic E-state index is 11.9. The Kier molecular flexibility index (Phi) is 10.9. The monoisotopic (exact) mass is 379 g/mol. The Hall–Kier alpha value is -1.15. The lowest BCUT2D eigenvalue weighted by molar-refractivity contribution is -0.144. The van der Waals surface area contributed by atoms with Gasteiger partial charge in [-0.3, -0.25) is 8.98 Å². The molecule has 0 spiro atoms. The SMILES string of the molecule is CC(=O)OC(C)C.CS(=O)OCC1CCCN(C(=O)OC(C)(C)C)C1. The van der Waals surface area contributed by atoms with Crippen molar-refractivity contribution in [2.75, 3.05) is 26.0 Å². The van der Waals surface area contributed by atoms with Gasteiger partial charge in [0.25, 0.3) is 0 Å². The van der Waals surface area contributed by atoms with Crippen LogP contribution >= 0.6 is 0 Å².